The number of hydrogen-bond donors (Lipinski definition) is 2. The van der Waals surface area contributed by atoms with E-state index in [1.54, 1.807) is 12.1 Å². The number of carbonyl (C=O) groups excluding carboxylic acids is 2. The molecule has 0 bridgehead atoms. The molecule has 0 heterocycles. The van der Waals surface area contributed by atoms with E-state index < -0.39 is 0 Å². The van der Waals surface area contributed by atoms with Gasteiger partial charge in [0.2, 0.25) is 0 Å². The van der Waals surface area contributed by atoms with E-state index in [9.17, 15) is 9.59 Å². The molecule has 0 fully saturated rings. The standard InChI is InChI=1S/C34H32N2O2/c1-2-3-8-22-15-18-25(19-16-22)35-29-13-6-11-27-31(29)33(37)28-12-7-14-30(32(28)34(27)38)36-26-20-17-23-9-4-5-10-24(23)21-26/h6-7,11-21,35-36H,2-5,8-10H2,1H3. The lowest BCUT2D eigenvalue weighted by Crippen LogP contribution is -2.23. The van der Waals surface area contributed by atoms with Gasteiger partial charge in [-0.15, -0.1) is 0 Å². The van der Waals surface area contributed by atoms with Crippen molar-refractivity contribution in [1.82, 2.24) is 0 Å². The minimum Gasteiger partial charge on any atom is -0.355 e. The molecule has 0 unspecified atom stereocenters. The molecule has 0 amide bonds. The predicted molar refractivity (Wildman–Crippen MR) is 154 cm³/mol. The summed E-state index contributed by atoms with van der Waals surface area (Å²) in [5.74, 6) is -0.263. The Balaban J connectivity index is 1.31. The molecule has 0 saturated carbocycles. The molecule has 0 aromatic heterocycles. The second-order valence-corrected chi connectivity index (χ2v) is 10.4. The van der Waals surface area contributed by atoms with Gasteiger partial charge in [0.15, 0.2) is 11.6 Å². The fraction of sp³-hybridized carbons (Fsp3) is 0.235. The van der Waals surface area contributed by atoms with Gasteiger partial charge in [0.1, 0.15) is 0 Å². The lowest BCUT2D eigenvalue weighted by atomic mass is 9.82. The molecule has 6 rings (SSSR count). The van der Waals surface area contributed by atoms with Gasteiger partial charge in [-0.25, -0.2) is 0 Å². The maximum Gasteiger partial charge on any atom is 0.196 e. The van der Waals surface area contributed by atoms with Crippen molar-refractivity contribution in [3.63, 3.8) is 0 Å². The third-order valence-electron chi connectivity index (χ3n) is 7.75. The zero-order chi connectivity index (χ0) is 26.1. The van der Waals surface area contributed by atoms with Crippen molar-refractivity contribution >= 4 is 34.3 Å². The summed E-state index contributed by atoms with van der Waals surface area (Å²) in [6.45, 7) is 2.19. The Morgan fingerprint density at radius 3 is 1.87 bits per heavy atom. The Kier molecular flexibility index (Phi) is 6.55. The number of carbonyl (C=O) groups is 2. The topological polar surface area (TPSA) is 58.2 Å². The van der Waals surface area contributed by atoms with Crippen LogP contribution < -0.4 is 10.6 Å². The monoisotopic (exact) mass is 500 g/mol. The van der Waals surface area contributed by atoms with E-state index in [0.717, 1.165) is 43.5 Å². The van der Waals surface area contributed by atoms with Gasteiger partial charge in [-0.2, -0.15) is 0 Å². The van der Waals surface area contributed by atoms with Crippen LogP contribution in [0.5, 0.6) is 0 Å². The molecule has 38 heavy (non-hydrogen) atoms. The molecule has 0 spiro atoms. The maximum atomic E-state index is 13.8. The fourth-order valence-corrected chi connectivity index (χ4v) is 5.71. The van der Waals surface area contributed by atoms with Crippen LogP contribution in [0.1, 0.15) is 81.1 Å². The number of benzene rings is 4. The van der Waals surface area contributed by atoms with Crippen molar-refractivity contribution in [3.05, 3.63) is 118 Å². The first-order valence-electron chi connectivity index (χ1n) is 13.7. The molecule has 0 radical (unpaired) electrons. The highest BCUT2D eigenvalue weighted by molar-refractivity contribution is 6.32. The normalized spacial score (nSPS) is 13.9. The number of unbranched alkanes of at least 4 members (excludes halogenated alkanes) is 1. The van der Waals surface area contributed by atoms with Crippen LogP contribution >= 0.6 is 0 Å². The van der Waals surface area contributed by atoms with Crippen LogP contribution in [0, 0.1) is 0 Å². The Bertz CT molecular complexity index is 1540. The third-order valence-corrected chi connectivity index (χ3v) is 7.75. The van der Waals surface area contributed by atoms with Crippen molar-refractivity contribution < 1.29 is 9.59 Å². The van der Waals surface area contributed by atoms with Crippen molar-refractivity contribution in [3.8, 4) is 0 Å². The third kappa shape index (κ3) is 4.51. The first-order valence-corrected chi connectivity index (χ1v) is 13.7. The molecule has 4 aromatic carbocycles. The summed E-state index contributed by atoms with van der Waals surface area (Å²) in [6, 6.07) is 25.7. The van der Waals surface area contributed by atoms with Crippen LogP contribution in [0.15, 0.2) is 78.9 Å². The number of anilines is 4. The quantitative estimate of drug-likeness (QED) is 0.237. The predicted octanol–water partition coefficient (Wildman–Crippen LogP) is 8.17. The molecule has 190 valence electrons. The van der Waals surface area contributed by atoms with E-state index in [1.807, 2.05) is 36.4 Å². The van der Waals surface area contributed by atoms with E-state index in [-0.39, 0.29) is 11.6 Å². The van der Waals surface area contributed by atoms with Gasteiger partial charge in [0.25, 0.3) is 0 Å². The summed E-state index contributed by atoms with van der Waals surface area (Å²) in [5, 5.41) is 6.84. The highest BCUT2D eigenvalue weighted by Crippen LogP contribution is 2.37. The van der Waals surface area contributed by atoms with E-state index in [2.05, 4.69) is 47.9 Å². The number of ketones is 2. The molecule has 4 heteroatoms. The van der Waals surface area contributed by atoms with Crippen LogP contribution in [0.2, 0.25) is 0 Å². The van der Waals surface area contributed by atoms with Crippen LogP contribution in [-0.4, -0.2) is 11.6 Å². The Hall–Kier alpha value is -4.18. The smallest absolute Gasteiger partial charge is 0.196 e. The van der Waals surface area contributed by atoms with Crippen molar-refractivity contribution in [1.29, 1.82) is 0 Å². The molecule has 4 nitrogen and oxygen atoms in total. The van der Waals surface area contributed by atoms with Crippen LogP contribution in [0.25, 0.3) is 0 Å². The minimum absolute atomic E-state index is 0.130. The van der Waals surface area contributed by atoms with Gasteiger partial charge in [-0.05, 0) is 91.6 Å². The van der Waals surface area contributed by atoms with Crippen molar-refractivity contribution in [2.45, 2.75) is 51.9 Å². The van der Waals surface area contributed by atoms with Crippen LogP contribution in [-0.2, 0) is 19.3 Å². The molecule has 2 N–H and O–H groups in total. The SMILES string of the molecule is CCCCc1ccc(Nc2cccc3c2C(=O)c2cccc(Nc4ccc5c(c4)CCCC5)c2C3=O)cc1. The van der Waals surface area contributed by atoms with E-state index in [1.165, 1.54) is 29.5 Å². The summed E-state index contributed by atoms with van der Waals surface area (Å²) in [6.07, 6.45) is 8.04. The molecule has 0 saturated heterocycles. The molecule has 0 atom stereocenters. The second kappa shape index (κ2) is 10.3. The number of aryl methyl sites for hydroxylation is 3. The largest absolute Gasteiger partial charge is 0.355 e. The van der Waals surface area contributed by atoms with Crippen LogP contribution in [0.3, 0.4) is 0 Å². The van der Waals surface area contributed by atoms with Gasteiger partial charge in [0.05, 0.1) is 22.5 Å². The van der Waals surface area contributed by atoms with Crippen molar-refractivity contribution in [2.24, 2.45) is 0 Å². The molecule has 0 aliphatic heterocycles. The molecule has 4 aromatic rings. The van der Waals surface area contributed by atoms with E-state index in [4.69, 9.17) is 0 Å². The molecular formula is C34H32N2O2. The first kappa shape index (κ1) is 24.2. The number of rotatable bonds is 7. The lowest BCUT2D eigenvalue weighted by molar-refractivity contribution is 0.0980. The fourth-order valence-electron chi connectivity index (χ4n) is 5.71. The first-order chi connectivity index (χ1) is 18.6. The number of nitrogens with one attached hydrogen (secondary N) is 2. The summed E-state index contributed by atoms with van der Waals surface area (Å²) in [4.78, 5) is 27.6. The molecular weight excluding hydrogens is 468 g/mol. The van der Waals surface area contributed by atoms with E-state index in [0.29, 0.717) is 33.6 Å². The van der Waals surface area contributed by atoms with Gasteiger partial charge >= 0.3 is 0 Å². The highest BCUT2D eigenvalue weighted by Gasteiger charge is 2.33. The summed E-state index contributed by atoms with van der Waals surface area (Å²) >= 11 is 0. The number of hydrogen-bond acceptors (Lipinski definition) is 4. The molecule has 2 aliphatic carbocycles. The molecule has 2 aliphatic rings. The van der Waals surface area contributed by atoms with Crippen molar-refractivity contribution in [2.75, 3.05) is 10.6 Å². The average molecular weight is 501 g/mol. The zero-order valence-electron chi connectivity index (χ0n) is 21.8. The summed E-state index contributed by atoms with van der Waals surface area (Å²) in [5.41, 5.74) is 9.00. The van der Waals surface area contributed by atoms with Gasteiger partial charge < -0.3 is 10.6 Å². The summed E-state index contributed by atoms with van der Waals surface area (Å²) in [7, 11) is 0. The highest BCUT2D eigenvalue weighted by atomic mass is 16.1. The summed E-state index contributed by atoms with van der Waals surface area (Å²) < 4.78 is 0. The van der Waals surface area contributed by atoms with Gasteiger partial charge in [-0.3, -0.25) is 9.59 Å². The Morgan fingerprint density at radius 1 is 0.658 bits per heavy atom. The van der Waals surface area contributed by atoms with Gasteiger partial charge in [0, 0.05) is 22.5 Å². The maximum absolute atomic E-state index is 13.8. The van der Waals surface area contributed by atoms with Gasteiger partial charge in [-0.1, -0.05) is 55.8 Å². The Labute approximate surface area is 224 Å². The van der Waals surface area contributed by atoms with E-state index >= 15 is 0 Å². The average Bonchev–Trinajstić information content (AvgIpc) is 2.95. The zero-order valence-corrected chi connectivity index (χ0v) is 21.8. The Morgan fingerprint density at radius 2 is 1.24 bits per heavy atom. The lowest BCUT2D eigenvalue weighted by Gasteiger charge is -2.23. The number of fused-ring (bicyclic) bond motifs is 3. The second-order valence-electron chi connectivity index (χ2n) is 10.4. The van der Waals surface area contributed by atoms with Crippen LogP contribution in [0.4, 0.5) is 22.7 Å². The minimum atomic E-state index is -0.133.